The predicted molar refractivity (Wildman–Crippen MR) is 143 cm³/mol. The number of rotatable bonds is 5. The summed E-state index contributed by atoms with van der Waals surface area (Å²) in [6.45, 7) is 1.37. The molecule has 36 heavy (non-hydrogen) atoms. The molecule has 7 nitrogen and oxygen atoms in total. The average molecular weight is 496 g/mol. The summed E-state index contributed by atoms with van der Waals surface area (Å²) in [7, 11) is 0. The molecule has 8 heteroatoms. The first kappa shape index (κ1) is 22.5. The molecule has 0 radical (unpaired) electrons. The molecule has 1 aliphatic heterocycles. The first-order valence-electron chi connectivity index (χ1n) is 11.9. The summed E-state index contributed by atoms with van der Waals surface area (Å²) in [4.78, 5) is 19.9. The fourth-order valence-electron chi connectivity index (χ4n) is 4.79. The van der Waals surface area contributed by atoms with Gasteiger partial charge < -0.3 is 15.3 Å². The number of aromatic nitrogens is 3. The summed E-state index contributed by atoms with van der Waals surface area (Å²) in [5.74, 6) is -0.265. The molecule has 6 rings (SSSR count). The molecule has 2 aromatic heterocycles. The number of nitrogens with one attached hydrogen (secondary N) is 1. The molecule has 0 spiro atoms. The summed E-state index contributed by atoms with van der Waals surface area (Å²) in [6, 6.07) is 25.5. The van der Waals surface area contributed by atoms with E-state index in [0.29, 0.717) is 36.8 Å². The van der Waals surface area contributed by atoms with E-state index < -0.39 is 5.60 Å². The largest absolute Gasteiger partial charge is 0.385 e. The van der Waals surface area contributed by atoms with Gasteiger partial charge in [-0.25, -0.2) is 9.67 Å². The van der Waals surface area contributed by atoms with E-state index in [1.807, 2.05) is 78.9 Å². The zero-order chi connectivity index (χ0) is 24.5. The quantitative estimate of drug-likeness (QED) is 0.349. The molecule has 3 aromatic carbocycles. The summed E-state index contributed by atoms with van der Waals surface area (Å²) in [5, 5.41) is 22.1. The van der Waals surface area contributed by atoms with Gasteiger partial charge in [0.15, 0.2) is 0 Å². The van der Waals surface area contributed by atoms with Gasteiger partial charge in [-0.05, 0) is 36.6 Å². The van der Waals surface area contributed by atoms with Crippen molar-refractivity contribution in [3.8, 4) is 5.13 Å². The van der Waals surface area contributed by atoms with E-state index in [-0.39, 0.29) is 5.91 Å². The molecule has 2 N–H and O–H groups in total. The van der Waals surface area contributed by atoms with Gasteiger partial charge in [-0.2, -0.15) is 5.10 Å². The number of hydrogen-bond acceptors (Lipinski definition) is 6. The highest BCUT2D eigenvalue weighted by Crippen LogP contribution is 2.36. The van der Waals surface area contributed by atoms with Crippen LogP contribution in [0.4, 0.5) is 11.4 Å². The normalized spacial score (nSPS) is 15.2. The lowest BCUT2D eigenvalue weighted by Gasteiger charge is -2.40. The molecule has 1 amide bonds. The topological polar surface area (TPSA) is 83.3 Å². The molecule has 1 saturated heterocycles. The van der Waals surface area contributed by atoms with Gasteiger partial charge in [-0.15, -0.1) is 11.3 Å². The van der Waals surface area contributed by atoms with Crippen LogP contribution in [0.25, 0.3) is 16.0 Å². The highest BCUT2D eigenvalue weighted by Gasteiger charge is 2.34. The average Bonchev–Trinajstić information content (AvgIpc) is 3.58. The Kier molecular flexibility index (Phi) is 5.75. The van der Waals surface area contributed by atoms with Crippen LogP contribution in [0.3, 0.4) is 0 Å². The van der Waals surface area contributed by atoms with E-state index in [2.05, 4.69) is 20.3 Å². The van der Waals surface area contributed by atoms with Crippen LogP contribution in [0.15, 0.2) is 90.4 Å². The SMILES string of the molecule is O=C(Nc1ccccc1N1CCC(O)(c2ccccc2)CC1)c1csc(-n2ncc3ccccc32)n1. The van der Waals surface area contributed by atoms with Crippen molar-refractivity contribution in [2.45, 2.75) is 18.4 Å². The number of carbonyl (C=O) groups excluding carboxylic acids is 1. The zero-order valence-electron chi connectivity index (χ0n) is 19.5. The highest BCUT2D eigenvalue weighted by molar-refractivity contribution is 7.12. The number of fused-ring (bicyclic) bond motifs is 1. The molecule has 0 aliphatic carbocycles. The lowest BCUT2D eigenvalue weighted by molar-refractivity contribution is 0.0118. The lowest BCUT2D eigenvalue weighted by Crippen LogP contribution is -2.42. The van der Waals surface area contributed by atoms with Gasteiger partial charge in [0, 0.05) is 23.9 Å². The van der Waals surface area contributed by atoms with E-state index >= 15 is 0 Å². The fraction of sp³-hybridized carbons (Fsp3) is 0.179. The number of piperidine rings is 1. The van der Waals surface area contributed by atoms with E-state index in [9.17, 15) is 9.90 Å². The molecule has 5 aromatic rings. The first-order chi connectivity index (χ1) is 17.6. The first-order valence-corrected chi connectivity index (χ1v) is 12.8. The van der Waals surface area contributed by atoms with Gasteiger partial charge in [0.05, 0.1) is 28.7 Å². The number of para-hydroxylation sites is 3. The smallest absolute Gasteiger partial charge is 0.275 e. The van der Waals surface area contributed by atoms with Gasteiger partial charge in [-0.1, -0.05) is 60.7 Å². The van der Waals surface area contributed by atoms with Crippen LogP contribution in [-0.4, -0.2) is 38.9 Å². The minimum absolute atomic E-state index is 0.265. The summed E-state index contributed by atoms with van der Waals surface area (Å²) < 4.78 is 1.76. The van der Waals surface area contributed by atoms with Crippen molar-refractivity contribution in [3.63, 3.8) is 0 Å². The van der Waals surface area contributed by atoms with Crippen molar-refractivity contribution in [2.24, 2.45) is 0 Å². The molecule has 0 unspecified atom stereocenters. The van der Waals surface area contributed by atoms with Gasteiger partial charge in [0.1, 0.15) is 5.69 Å². The fourth-order valence-corrected chi connectivity index (χ4v) is 5.56. The van der Waals surface area contributed by atoms with E-state index in [4.69, 9.17) is 0 Å². The number of carbonyl (C=O) groups is 1. The van der Waals surface area contributed by atoms with Gasteiger partial charge >= 0.3 is 0 Å². The molecule has 180 valence electrons. The van der Waals surface area contributed by atoms with Crippen molar-refractivity contribution in [3.05, 3.63) is 102 Å². The van der Waals surface area contributed by atoms with Crippen LogP contribution in [0.1, 0.15) is 28.9 Å². The van der Waals surface area contributed by atoms with Crippen LogP contribution >= 0.6 is 11.3 Å². The highest BCUT2D eigenvalue weighted by atomic mass is 32.1. The molecule has 0 saturated carbocycles. The molecule has 1 aliphatic rings. The van der Waals surface area contributed by atoms with Crippen LogP contribution in [0, 0.1) is 0 Å². The molecule has 0 bridgehead atoms. The van der Waals surface area contributed by atoms with E-state index in [0.717, 1.165) is 27.8 Å². The Morgan fingerprint density at radius 1 is 0.944 bits per heavy atom. The van der Waals surface area contributed by atoms with Gasteiger partial charge in [-0.3, -0.25) is 4.79 Å². The third-order valence-electron chi connectivity index (χ3n) is 6.78. The minimum Gasteiger partial charge on any atom is -0.385 e. The standard InChI is InChI=1S/C28H25N5O2S/c34-26(23-19-36-27(31-23)33-24-12-6-4-8-20(24)18-29-33)30-22-11-5-7-13-25(22)32-16-14-28(35,15-17-32)21-9-2-1-3-10-21/h1-13,18-19,35H,14-17H2,(H,30,34). The Morgan fingerprint density at radius 3 is 2.50 bits per heavy atom. The van der Waals surface area contributed by atoms with Crippen molar-refractivity contribution in [2.75, 3.05) is 23.3 Å². The van der Waals surface area contributed by atoms with Gasteiger partial charge in [0.25, 0.3) is 5.91 Å². The minimum atomic E-state index is -0.830. The van der Waals surface area contributed by atoms with E-state index in [1.165, 1.54) is 11.3 Å². The second kappa shape index (κ2) is 9.22. The summed E-state index contributed by atoms with van der Waals surface area (Å²) in [6.07, 6.45) is 3.03. The van der Waals surface area contributed by atoms with Crippen LogP contribution < -0.4 is 10.2 Å². The number of aliphatic hydroxyl groups is 1. The second-order valence-electron chi connectivity index (χ2n) is 8.99. The molecular formula is C28H25N5O2S. The molecular weight excluding hydrogens is 470 g/mol. The Labute approximate surface area is 212 Å². The predicted octanol–water partition coefficient (Wildman–Crippen LogP) is 5.22. The summed E-state index contributed by atoms with van der Waals surface area (Å²) >= 11 is 1.38. The molecule has 0 atom stereocenters. The van der Waals surface area contributed by atoms with E-state index in [1.54, 1.807) is 16.3 Å². The number of amides is 1. The number of thiazole rings is 1. The number of benzene rings is 3. The Bertz CT molecular complexity index is 1520. The van der Waals surface area contributed by atoms with Crippen LogP contribution in [-0.2, 0) is 5.60 Å². The van der Waals surface area contributed by atoms with Gasteiger partial charge in [0.2, 0.25) is 5.13 Å². The van der Waals surface area contributed by atoms with Crippen LogP contribution in [0.2, 0.25) is 0 Å². The van der Waals surface area contributed by atoms with Crippen molar-refractivity contribution >= 4 is 39.5 Å². The Hall–Kier alpha value is -4.01. The molecule has 1 fully saturated rings. The third kappa shape index (κ3) is 4.14. The summed E-state index contributed by atoms with van der Waals surface area (Å²) in [5.41, 5.74) is 3.09. The number of nitrogens with zero attached hydrogens (tertiary/aromatic N) is 4. The lowest BCUT2D eigenvalue weighted by atomic mass is 9.84. The number of hydrogen-bond donors (Lipinski definition) is 2. The second-order valence-corrected chi connectivity index (χ2v) is 9.82. The van der Waals surface area contributed by atoms with Crippen molar-refractivity contribution in [1.82, 2.24) is 14.8 Å². The van der Waals surface area contributed by atoms with Crippen molar-refractivity contribution in [1.29, 1.82) is 0 Å². The molecule has 3 heterocycles. The maximum atomic E-state index is 13.1. The zero-order valence-corrected chi connectivity index (χ0v) is 20.4. The Morgan fingerprint density at radius 2 is 1.67 bits per heavy atom. The number of anilines is 2. The third-order valence-corrected chi connectivity index (χ3v) is 7.59. The monoisotopic (exact) mass is 495 g/mol. The van der Waals surface area contributed by atoms with Crippen molar-refractivity contribution < 1.29 is 9.90 Å². The Balaban J connectivity index is 1.18. The maximum absolute atomic E-state index is 13.1. The van der Waals surface area contributed by atoms with Crippen LogP contribution in [0.5, 0.6) is 0 Å². The maximum Gasteiger partial charge on any atom is 0.275 e.